The minimum Gasteiger partial charge on any atom is -1.00 e. The largest absolute Gasteiger partial charge is 1.00 e. The van der Waals surface area contributed by atoms with Gasteiger partial charge in [0.15, 0.2) is 0 Å². The number of hydroxylamine groups is 1. The van der Waals surface area contributed by atoms with Gasteiger partial charge in [0.2, 0.25) is 0 Å². The van der Waals surface area contributed by atoms with E-state index in [1.165, 1.54) is 5.48 Å². The number of hydrogen-bond donors (Lipinski definition) is 4. The van der Waals surface area contributed by atoms with Gasteiger partial charge in [-0.1, -0.05) is 0 Å². The molecule has 1 atom stereocenters. The second-order valence-electron chi connectivity index (χ2n) is 2.09. The third-order valence-corrected chi connectivity index (χ3v) is 0.949. The molecule has 0 aliphatic carbocycles. The monoisotopic (exact) mass is 231 g/mol. The second kappa shape index (κ2) is 8.14. The van der Waals surface area contributed by atoms with Gasteiger partial charge in [-0.2, -0.15) is 5.48 Å². The number of aliphatic carboxylic acids is 1. The molecule has 0 saturated carbocycles. The van der Waals surface area contributed by atoms with E-state index < -0.39 is 30.4 Å². The first-order valence-corrected chi connectivity index (χ1v) is 3.17. The average Bonchev–Trinajstić information content (AvgIpc) is 1.98. The minimum atomic E-state index is -1.33. The predicted octanol–water partition coefficient (Wildman–Crippen LogP) is -4.97. The van der Waals surface area contributed by atoms with Crippen molar-refractivity contribution in [2.75, 3.05) is 0 Å². The van der Waals surface area contributed by atoms with Gasteiger partial charge in [0, 0.05) is 0 Å². The Labute approximate surface area is 123 Å². The first-order valence-electron chi connectivity index (χ1n) is 3.17. The maximum Gasteiger partial charge on any atom is 1.00 e. The molecule has 0 spiro atoms. The van der Waals surface area contributed by atoms with Crippen molar-refractivity contribution in [2.24, 2.45) is 11.5 Å². The van der Waals surface area contributed by atoms with Crippen molar-refractivity contribution in [3.63, 3.8) is 0 Å². The smallest absolute Gasteiger partial charge is 1.00 e. The van der Waals surface area contributed by atoms with Gasteiger partial charge in [-0.15, -0.1) is 0 Å². The molecule has 0 aromatic carbocycles. The summed E-state index contributed by atoms with van der Waals surface area (Å²) in [5.41, 5.74) is 11.1. The van der Waals surface area contributed by atoms with Crippen molar-refractivity contribution < 1.29 is 77.1 Å². The predicted molar refractivity (Wildman–Crippen MR) is 40.2 cm³/mol. The van der Waals surface area contributed by atoms with E-state index in [1.54, 1.807) is 0 Å². The van der Waals surface area contributed by atoms with Crippen molar-refractivity contribution >= 4 is 18.0 Å². The van der Waals surface area contributed by atoms with Crippen LogP contribution in [0.25, 0.3) is 0 Å². The molecule has 0 heterocycles. The Balaban J connectivity index is -0.000000720. The summed E-state index contributed by atoms with van der Waals surface area (Å²) in [6, 6.07) is -2.40. The Morgan fingerprint density at radius 1 is 1.50 bits per heavy atom. The van der Waals surface area contributed by atoms with Crippen LogP contribution in [0.3, 0.4) is 0 Å². The summed E-state index contributed by atoms with van der Waals surface area (Å²) < 4.78 is 0. The Kier molecular flexibility index (Phi) is 9.45. The van der Waals surface area contributed by atoms with Gasteiger partial charge in [-0.05, 0) is 0 Å². The number of nitrogens with two attached hydrogens (primary N) is 2. The quantitative estimate of drug-likeness (QED) is 0.283. The molecule has 76 valence electrons. The van der Waals surface area contributed by atoms with E-state index in [-0.39, 0.29) is 52.8 Å². The van der Waals surface area contributed by atoms with Crippen LogP contribution in [-0.2, 0) is 14.4 Å². The molecule has 6 N–H and O–H groups in total. The van der Waals surface area contributed by atoms with E-state index in [0.29, 0.717) is 0 Å². The zero-order valence-corrected chi connectivity index (χ0v) is 10.6. The Morgan fingerprint density at radius 2 is 2.00 bits per heavy atom. The van der Waals surface area contributed by atoms with E-state index in [1.807, 2.05) is 0 Å². The van der Waals surface area contributed by atoms with Crippen LogP contribution in [0.15, 0.2) is 0 Å². The molecule has 0 rings (SSSR count). The summed E-state index contributed by atoms with van der Waals surface area (Å²) >= 11 is 0. The second-order valence-corrected chi connectivity index (χ2v) is 2.09. The number of amides is 2. The first kappa shape index (κ1) is 16.2. The number of rotatable bonds is 3. The number of primary amides is 1. The van der Waals surface area contributed by atoms with E-state index in [0.717, 1.165) is 0 Å². The number of nitrogens with one attached hydrogen (secondary N) is 1. The number of carbonyl (C=O) groups is 3. The van der Waals surface area contributed by atoms with E-state index >= 15 is 0 Å². The molecule has 8 nitrogen and oxygen atoms in total. The average molecular weight is 231 g/mol. The molecular weight excluding hydrogens is 221 g/mol. The summed E-state index contributed by atoms with van der Waals surface area (Å²) in [7, 11) is 0. The fourth-order valence-corrected chi connectivity index (χ4v) is 0.448. The molecule has 0 radical (unpaired) electrons. The third kappa shape index (κ3) is 8.41. The van der Waals surface area contributed by atoms with Crippen molar-refractivity contribution in [3.05, 3.63) is 0 Å². The molecule has 0 fully saturated rings. The molecule has 14 heavy (non-hydrogen) atoms. The number of carboxylic acid groups (broad SMARTS) is 1. The number of carbonyl (C=O) groups excluding carboxylic acids is 2. The van der Waals surface area contributed by atoms with Crippen molar-refractivity contribution in [3.8, 4) is 0 Å². The molecule has 0 aromatic heterocycles. The molecule has 0 saturated heterocycles. The van der Waals surface area contributed by atoms with E-state index in [4.69, 9.17) is 10.8 Å². The van der Waals surface area contributed by atoms with Gasteiger partial charge >= 0.3 is 69.4 Å². The van der Waals surface area contributed by atoms with Crippen LogP contribution in [0.5, 0.6) is 0 Å². The normalized spacial score (nSPS) is 10.6. The van der Waals surface area contributed by atoms with Crippen LogP contribution in [0.1, 0.15) is 7.85 Å². The van der Waals surface area contributed by atoms with E-state index in [9.17, 15) is 14.4 Å². The molecule has 0 unspecified atom stereocenters. The Morgan fingerprint density at radius 3 is 2.36 bits per heavy atom. The SMILES string of the molecule is NC(=O)NOC(=O)[C@@H](N)CC(=O)O.[H-].[K+]. The van der Waals surface area contributed by atoms with Crippen LogP contribution in [0.4, 0.5) is 4.79 Å². The molecule has 0 aliphatic rings. The van der Waals surface area contributed by atoms with Crippen molar-refractivity contribution in [1.29, 1.82) is 0 Å². The molecule has 0 bridgehead atoms. The first-order chi connectivity index (χ1) is 5.93. The summed E-state index contributed by atoms with van der Waals surface area (Å²) in [6.07, 6.45) is -0.584. The molecule has 9 heteroatoms. The summed E-state index contributed by atoms with van der Waals surface area (Å²) in [5.74, 6) is -2.32. The van der Waals surface area contributed by atoms with Gasteiger partial charge in [0.25, 0.3) is 0 Å². The zero-order valence-electron chi connectivity index (χ0n) is 8.52. The Hall–Kier alpha value is -0.194. The van der Waals surface area contributed by atoms with Crippen LogP contribution < -0.4 is 68.3 Å². The molecular formula is C5H10KN3O5. The van der Waals surface area contributed by atoms with Crippen LogP contribution in [0.2, 0.25) is 0 Å². The standard InChI is InChI=1S/C5H9N3O5.K.H/c6-2(1-3(9)10)4(11)13-8-5(7)12;;/h2H,1,6H2,(H,9,10)(H3,7,8,12);;/q;+1;-1/t2-;;/m0../s1. The van der Waals surface area contributed by atoms with Gasteiger partial charge in [-0.25, -0.2) is 9.59 Å². The van der Waals surface area contributed by atoms with E-state index in [2.05, 4.69) is 10.6 Å². The van der Waals surface area contributed by atoms with Crippen LogP contribution >= 0.6 is 0 Å². The molecule has 2 amide bonds. The van der Waals surface area contributed by atoms with Gasteiger partial charge in [-0.3, -0.25) is 4.79 Å². The van der Waals surface area contributed by atoms with Crippen LogP contribution in [0, 0.1) is 0 Å². The summed E-state index contributed by atoms with van der Waals surface area (Å²) in [6.45, 7) is 0. The van der Waals surface area contributed by atoms with Gasteiger partial charge < -0.3 is 22.8 Å². The third-order valence-electron chi connectivity index (χ3n) is 0.949. The topological polar surface area (TPSA) is 145 Å². The van der Waals surface area contributed by atoms with Crippen molar-refractivity contribution in [2.45, 2.75) is 12.5 Å². The summed E-state index contributed by atoms with van der Waals surface area (Å²) in [4.78, 5) is 34.8. The van der Waals surface area contributed by atoms with Crippen LogP contribution in [-0.4, -0.2) is 29.1 Å². The number of carboxylic acids is 1. The fraction of sp³-hybridized carbons (Fsp3) is 0.400. The Bertz CT molecular complexity index is 239. The number of urea groups is 1. The maximum atomic E-state index is 10.7. The summed E-state index contributed by atoms with van der Waals surface area (Å²) in [5, 5.41) is 8.21. The zero-order chi connectivity index (χ0) is 10.4. The van der Waals surface area contributed by atoms with Gasteiger partial charge in [0.05, 0.1) is 6.42 Å². The maximum absolute atomic E-state index is 10.7. The fourth-order valence-electron chi connectivity index (χ4n) is 0.448. The number of hydrogen-bond acceptors (Lipinski definition) is 5. The van der Waals surface area contributed by atoms with Gasteiger partial charge in [0.1, 0.15) is 6.04 Å². The molecule has 0 aliphatic heterocycles. The molecule has 0 aromatic rings. The van der Waals surface area contributed by atoms with Crippen molar-refractivity contribution in [1.82, 2.24) is 5.48 Å². The minimum absolute atomic E-state index is 0.